The van der Waals surface area contributed by atoms with Crippen LogP contribution in [-0.4, -0.2) is 23.7 Å². The van der Waals surface area contributed by atoms with Crippen LogP contribution in [0.1, 0.15) is 6.42 Å². The number of carboxylic acids is 1. The van der Waals surface area contributed by atoms with Crippen molar-refractivity contribution in [2.75, 3.05) is 6.61 Å². The number of benzene rings is 1. The van der Waals surface area contributed by atoms with Gasteiger partial charge < -0.3 is 15.6 Å². The van der Waals surface area contributed by atoms with Crippen molar-refractivity contribution < 1.29 is 14.6 Å². The quantitative estimate of drug-likeness (QED) is 0.854. The van der Waals surface area contributed by atoms with Crippen molar-refractivity contribution >= 4 is 29.2 Å². The van der Waals surface area contributed by atoms with Gasteiger partial charge in [0.2, 0.25) is 0 Å². The second-order valence-corrected chi connectivity index (χ2v) is 4.09. The molecule has 0 aliphatic rings. The van der Waals surface area contributed by atoms with Crippen LogP contribution >= 0.6 is 23.2 Å². The minimum absolute atomic E-state index is 0.0758. The first-order valence-corrected chi connectivity index (χ1v) is 5.30. The molecule has 16 heavy (non-hydrogen) atoms. The summed E-state index contributed by atoms with van der Waals surface area (Å²) in [7, 11) is 0. The molecule has 0 amide bonds. The highest BCUT2D eigenvalue weighted by molar-refractivity contribution is 6.34. The van der Waals surface area contributed by atoms with Gasteiger partial charge >= 0.3 is 5.97 Å². The molecule has 0 aromatic heterocycles. The third-order valence-electron chi connectivity index (χ3n) is 1.78. The lowest BCUT2D eigenvalue weighted by Crippen LogP contribution is -2.30. The second kappa shape index (κ2) is 5.94. The average Bonchev–Trinajstić information content (AvgIpc) is 2.18. The van der Waals surface area contributed by atoms with Crippen LogP contribution in [0.3, 0.4) is 0 Å². The summed E-state index contributed by atoms with van der Waals surface area (Å²) in [6.45, 7) is 0.0758. The Morgan fingerprint density at radius 1 is 1.50 bits per heavy atom. The van der Waals surface area contributed by atoms with E-state index in [1.165, 1.54) is 0 Å². The Labute approximate surface area is 103 Å². The van der Waals surface area contributed by atoms with Crippen LogP contribution in [0.2, 0.25) is 10.0 Å². The van der Waals surface area contributed by atoms with Crippen molar-refractivity contribution in [2.45, 2.75) is 12.5 Å². The molecule has 6 heteroatoms. The standard InChI is InChI=1S/C10H11Cl2NO3/c11-6-1-2-8(12)9(3-6)16-5-7(13)4-10(14)15/h1-3,7H,4-5,13H2,(H,14,15). The molecule has 1 aromatic carbocycles. The van der Waals surface area contributed by atoms with E-state index in [0.717, 1.165) is 0 Å². The molecule has 0 heterocycles. The predicted octanol–water partition coefficient (Wildman–Crippen LogP) is 2.17. The zero-order valence-electron chi connectivity index (χ0n) is 8.32. The van der Waals surface area contributed by atoms with Gasteiger partial charge in [0.1, 0.15) is 12.4 Å². The van der Waals surface area contributed by atoms with Gasteiger partial charge in [0.15, 0.2) is 0 Å². The summed E-state index contributed by atoms with van der Waals surface area (Å²) in [4.78, 5) is 10.4. The van der Waals surface area contributed by atoms with Crippen LogP contribution in [0.15, 0.2) is 18.2 Å². The smallest absolute Gasteiger partial charge is 0.305 e. The number of aliphatic carboxylic acids is 1. The number of rotatable bonds is 5. The lowest BCUT2D eigenvalue weighted by atomic mass is 10.2. The summed E-state index contributed by atoms with van der Waals surface area (Å²) in [5.41, 5.74) is 5.53. The first-order valence-electron chi connectivity index (χ1n) is 4.54. The van der Waals surface area contributed by atoms with Gasteiger partial charge in [-0.15, -0.1) is 0 Å². The van der Waals surface area contributed by atoms with E-state index in [4.69, 9.17) is 38.8 Å². The fourth-order valence-corrected chi connectivity index (χ4v) is 1.40. The largest absolute Gasteiger partial charge is 0.490 e. The Balaban J connectivity index is 2.54. The molecule has 0 radical (unpaired) electrons. The fourth-order valence-electron chi connectivity index (χ4n) is 1.07. The zero-order valence-corrected chi connectivity index (χ0v) is 9.83. The molecule has 1 rings (SSSR count). The minimum atomic E-state index is -0.965. The number of carboxylic acid groups (broad SMARTS) is 1. The average molecular weight is 264 g/mol. The highest BCUT2D eigenvalue weighted by atomic mass is 35.5. The maximum Gasteiger partial charge on any atom is 0.305 e. The Morgan fingerprint density at radius 2 is 2.19 bits per heavy atom. The Hall–Kier alpha value is -0.970. The van der Waals surface area contributed by atoms with E-state index in [1.54, 1.807) is 18.2 Å². The highest BCUT2D eigenvalue weighted by Crippen LogP contribution is 2.27. The van der Waals surface area contributed by atoms with Crippen LogP contribution in [0.5, 0.6) is 5.75 Å². The van der Waals surface area contributed by atoms with Gasteiger partial charge in [-0.25, -0.2) is 0 Å². The lowest BCUT2D eigenvalue weighted by Gasteiger charge is -2.12. The third kappa shape index (κ3) is 4.26. The van der Waals surface area contributed by atoms with E-state index in [9.17, 15) is 4.79 Å². The number of hydrogen-bond donors (Lipinski definition) is 2. The van der Waals surface area contributed by atoms with Gasteiger partial charge in [0.05, 0.1) is 11.4 Å². The summed E-state index contributed by atoms with van der Waals surface area (Å²) in [5.74, 6) is -0.566. The molecule has 1 atom stereocenters. The fraction of sp³-hybridized carbons (Fsp3) is 0.300. The molecule has 88 valence electrons. The van der Waals surface area contributed by atoms with Gasteiger partial charge in [-0.05, 0) is 12.1 Å². The molecular weight excluding hydrogens is 253 g/mol. The molecule has 0 saturated carbocycles. The van der Waals surface area contributed by atoms with Gasteiger partial charge in [0.25, 0.3) is 0 Å². The Kier molecular flexibility index (Phi) is 4.86. The molecular formula is C10H11Cl2NO3. The third-order valence-corrected chi connectivity index (χ3v) is 2.33. The van der Waals surface area contributed by atoms with Gasteiger partial charge in [-0.1, -0.05) is 23.2 Å². The number of nitrogens with two attached hydrogens (primary N) is 1. The number of hydrogen-bond acceptors (Lipinski definition) is 3. The number of ether oxygens (including phenoxy) is 1. The van der Waals surface area contributed by atoms with Crippen molar-refractivity contribution in [3.8, 4) is 5.75 Å². The summed E-state index contributed by atoms with van der Waals surface area (Å²) in [6.07, 6.45) is -0.155. The summed E-state index contributed by atoms with van der Waals surface area (Å²) in [6, 6.07) is 4.21. The minimum Gasteiger partial charge on any atom is -0.490 e. The van der Waals surface area contributed by atoms with Crippen LogP contribution < -0.4 is 10.5 Å². The van der Waals surface area contributed by atoms with Crippen LogP contribution in [0, 0.1) is 0 Å². The molecule has 0 fully saturated rings. The van der Waals surface area contributed by atoms with Crippen LogP contribution in [0.4, 0.5) is 0 Å². The van der Waals surface area contributed by atoms with E-state index in [1.807, 2.05) is 0 Å². The molecule has 1 unspecified atom stereocenters. The maximum absolute atomic E-state index is 10.4. The first-order chi connectivity index (χ1) is 7.49. The monoisotopic (exact) mass is 263 g/mol. The molecule has 0 aliphatic heterocycles. The van der Waals surface area contributed by atoms with E-state index >= 15 is 0 Å². The molecule has 0 spiro atoms. The Bertz CT molecular complexity index is 384. The molecule has 4 nitrogen and oxygen atoms in total. The zero-order chi connectivity index (χ0) is 12.1. The number of halogens is 2. The van der Waals surface area contributed by atoms with Crippen LogP contribution in [0.25, 0.3) is 0 Å². The second-order valence-electron chi connectivity index (χ2n) is 3.24. The SMILES string of the molecule is NC(COc1cc(Cl)ccc1Cl)CC(=O)O. The highest BCUT2D eigenvalue weighted by Gasteiger charge is 2.10. The van der Waals surface area contributed by atoms with Gasteiger partial charge in [0, 0.05) is 17.1 Å². The maximum atomic E-state index is 10.4. The first kappa shape index (κ1) is 13.1. The summed E-state index contributed by atoms with van der Waals surface area (Å²) in [5, 5.41) is 9.40. The van der Waals surface area contributed by atoms with E-state index in [2.05, 4.69) is 0 Å². The van der Waals surface area contributed by atoms with Crippen molar-refractivity contribution in [3.05, 3.63) is 28.2 Å². The molecule has 0 aliphatic carbocycles. The topological polar surface area (TPSA) is 72.5 Å². The van der Waals surface area contributed by atoms with Crippen molar-refractivity contribution in [1.29, 1.82) is 0 Å². The van der Waals surface area contributed by atoms with Gasteiger partial charge in [-0.2, -0.15) is 0 Å². The number of carbonyl (C=O) groups is 1. The Morgan fingerprint density at radius 3 is 2.81 bits per heavy atom. The molecule has 3 N–H and O–H groups in total. The van der Waals surface area contributed by atoms with E-state index < -0.39 is 12.0 Å². The normalized spacial score (nSPS) is 12.2. The lowest BCUT2D eigenvalue weighted by molar-refractivity contribution is -0.137. The van der Waals surface area contributed by atoms with Crippen LogP contribution in [-0.2, 0) is 4.79 Å². The predicted molar refractivity (Wildman–Crippen MR) is 62.2 cm³/mol. The van der Waals surface area contributed by atoms with Crippen molar-refractivity contribution in [2.24, 2.45) is 5.73 Å². The summed E-state index contributed by atoms with van der Waals surface area (Å²) >= 11 is 11.6. The van der Waals surface area contributed by atoms with Crippen molar-refractivity contribution in [1.82, 2.24) is 0 Å². The van der Waals surface area contributed by atoms with Crippen molar-refractivity contribution in [3.63, 3.8) is 0 Å². The molecule has 0 bridgehead atoms. The van der Waals surface area contributed by atoms with E-state index in [-0.39, 0.29) is 13.0 Å². The van der Waals surface area contributed by atoms with E-state index in [0.29, 0.717) is 15.8 Å². The summed E-state index contributed by atoms with van der Waals surface area (Å²) < 4.78 is 5.28. The molecule has 1 aromatic rings. The van der Waals surface area contributed by atoms with Gasteiger partial charge in [-0.3, -0.25) is 4.79 Å². The molecule has 0 saturated heterocycles.